The highest BCUT2D eigenvalue weighted by molar-refractivity contribution is 9.10. The molecule has 1 aromatic carbocycles. The first-order valence-corrected chi connectivity index (χ1v) is 6.80. The van der Waals surface area contributed by atoms with E-state index in [2.05, 4.69) is 26.6 Å². The SMILES string of the molecule is CC(CCNC(=O)Nc1cccc(Cl)c1Br)C(=O)O. The van der Waals surface area contributed by atoms with Crippen molar-refractivity contribution in [3.05, 3.63) is 27.7 Å². The third kappa shape index (κ3) is 5.08. The third-order valence-corrected chi connectivity index (χ3v) is 3.88. The molecule has 1 rings (SSSR count). The number of nitrogens with one attached hydrogen (secondary N) is 2. The van der Waals surface area contributed by atoms with Crippen LogP contribution in [0.25, 0.3) is 0 Å². The Bertz CT molecular complexity index is 482. The molecule has 0 fully saturated rings. The van der Waals surface area contributed by atoms with Crippen LogP contribution >= 0.6 is 27.5 Å². The third-order valence-electron chi connectivity index (χ3n) is 2.48. The van der Waals surface area contributed by atoms with Gasteiger partial charge in [0.25, 0.3) is 0 Å². The molecule has 19 heavy (non-hydrogen) atoms. The quantitative estimate of drug-likeness (QED) is 0.763. The van der Waals surface area contributed by atoms with Crippen LogP contribution in [0.4, 0.5) is 10.5 Å². The van der Waals surface area contributed by atoms with Crippen molar-refractivity contribution < 1.29 is 14.7 Å². The minimum absolute atomic E-state index is 0.289. The van der Waals surface area contributed by atoms with Crippen molar-refractivity contribution in [1.29, 1.82) is 0 Å². The van der Waals surface area contributed by atoms with Gasteiger partial charge in [-0.3, -0.25) is 4.79 Å². The zero-order valence-electron chi connectivity index (χ0n) is 10.2. The molecule has 1 atom stereocenters. The molecule has 0 aliphatic heterocycles. The molecule has 7 heteroatoms. The summed E-state index contributed by atoms with van der Waals surface area (Å²) in [5.74, 6) is -1.36. The number of amides is 2. The molecular weight excluding hydrogens is 336 g/mol. The van der Waals surface area contributed by atoms with Crippen molar-refractivity contribution in [3.63, 3.8) is 0 Å². The second kappa shape index (κ2) is 7.35. The van der Waals surface area contributed by atoms with E-state index in [9.17, 15) is 9.59 Å². The first-order chi connectivity index (χ1) is 8.91. The van der Waals surface area contributed by atoms with Crippen LogP contribution in [0, 0.1) is 5.92 Å². The van der Waals surface area contributed by atoms with Crippen LogP contribution in [0.15, 0.2) is 22.7 Å². The number of carbonyl (C=O) groups excluding carboxylic acids is 1. The molecule has 0 spiro atoms. The number of anilines is 1. The average Bonchev–Trinajstić information content (AvgIpc) is 2.34. The van der Waals surface area contributed by atoms with Gasteiger partial charge in [0.15, 0.2) is 0 Å². The van der Waals surface area contributed by atoms with Crippen LogP contribution in [0.2, 0.25) is 5.02 Å². The van der Waals surface area contributed by atoms with Crippen molar-refractivity contribution >= 4 is 45.2 Å². The average molecular weight is 350 g/mol. The molecule has 0 aliphatic rings. The number of carboxylic acids is 1. The second-order valence-corrected chi connectivity index (χ2v) is 5.21. The van der Waals surface area contributed by atoms with E-state index in [0.717, 1.165) is 0 Å². The molecular formula is C12H14BrClN2O3. The monoisotopic (exact) mass is 348 g/mol. The van der Waals surface area contributed by atoms with E-state index in [1.807, 2.05) is 0 Å². The van der Waals surface area contributed by atoms with Crippen molar-refractivity contribution in [2.24, 2.45) is 5.92 Å². The first-order valence-electron chi connectivity index (χ1n) is 5.63. The van der Waals surface area contributed by atoms with Gasteiger partial charge >= 0.3 is 12.0 Å². The number of hydrogen-bond acceptors (Lipinski definition) is 2. The van der Waals surface area contributed by atoms with E-state index in [1.54, 1.807) is 25.1 Å². The van der Waals surface area contributed by atoms with Crippen LogP contribution in [0.5, 0.6) is 0 Å². The Morgan fingerprint density at radius 2 is 2.16 bits per heavy atom. The van der Waals surface area contributed by atoms with E-state index >= 15 is 0 Å². The fraction of sp³-hybridized carbons (Fsp3) is 0.333. The molecule has 2 amide bonds. The molecule has 104 valence electrons. The summed E-state index contributed by atoms with van der Waals surface area (Å²) in [6, 6.07) is 4.72. The number of rotatable bonds is 5. The highest BCUT2D eigenvalue weighted by Crippen LogP contribution is 2.29. The van der Waals surface area contributed by atoms with Gasteiger partial charge in [-0.2, -0.15) is 0 Å². The summed E-state index contributed by atoms with van der Waals surface area (Å²) in [6.45, 7) is 1.88. The Morgan fingerprint density at radius 1 is 1.47 bits per heavy atom. The molecule has 0 saturated carbocycles. The Morgan fingerprint density at radius 3 is 2.79 bits per heavy atom. The number of carbonyl (C=O) groups is 2. The molecule has 0 bridgehead atoms. The topological polar surface area (TPSA) is 78.4 Å². The number of aliphatic carboxylic acids is 1. The number of halogens is 2. The second-order valence-electron chi connectivity index (χ2n) is 4.01. The fourth-order valence-corrected chi connectivity index (χ4v) is 1.83. The molecule has 1 aromatic rings. The van der Waals surface area contributed by atoms with Gasteiger partial charge in [0.1, 0.15) is 0 Å². The Labute approximate surface area is 124 Å². The van der Waals surface area contributed by atoms with E-state index in [1.165, 1.54) is 0 Å². The first kappa shape index (κ1) is 15.8. The maximum atomic E-state index is 11.6. The molecule has 3 N–H and O–H groups in total. The van der Waals surface area contributed by atoms with Gasteiger partial charge in [-0.1, -0.05) is 24.6 Å². The lowest BCUT2D eigenvalue weighted by atomic mass is 10.1. The molecule has 5 nitrogen and oxygen atoms in total. The van der Waals surface area contributed by atoms with Crippen LogP contribution in [0.3, 0.4) is 0 Å². The Balaban J connectivity index is 2.43. The molecule has 0 saturated heterocycles. The zero-order valence-corrected chi connectivity index (χ0v) is 12.6. The Kier molecular flexibility index (Phi) is 6.11. The summed E-state index contributed by atoms with van der Waals surface area (Å²) in [5.41, 5.74) is 0.552. The maximum absolute atomic E-state index is 11.6. The number of benzene rings is 1. The summed E-state index contributed by atoms with van der Waals surface area (Å²) < 4.78 is 0.603. The Hall–Kier alpha value is -1.27. The van der Waals surface area contributed by atoms with Gasteiger partial charge in [-0.25, -0.2) is 4.79 Å². The van der Waals surface area contributed by atoms with E-state index in [4.69, 9.17) is 16.7 Å². The highest BCUT2D eigenvalue weighted by atomic mass is 79.9. The summed E-state index contributed by atoms with van der Waals surface area (Å²) in [5, 5.41) is 14.4. The summed E-state index contributed by atoms with van der Waals surface area (Å²) in [6.07, 6.45) is 0.374. The largest absolute Gasteiger partial charge is 0.481 e. The van der Waals surface area contributed by atoms with Crippen molar-refractivity contribution in [2.75, 3.05) is 11.9 Å². The molecule has 0 aliphatic carbocycles. The predicted octanol–water partition coefficient (Wildman–Crippen LogP) is 3.33. The zero-order chi connectivity index (χ0) is 14.4. The fourth-order valence-electron chi connectivity index (χ4n) is 1.29. The molecule has 0 aromatic heterocycles. The van der Waals surface area contributed by atoms with Gasteiger partial charge in [0, 0.05) is 6.54 Å². The molecule has 0 radical (unpaired) electrons. The van der Waals surface area contributed by atoms with Gasteiger partial charge in [-0.15, -0.1) is 0 Å². The van der Waals surface area contributed by atoms with Crippen molar-refractivity contribution in [3.8, 4) is 0 Å². The van der Waals surface area contributed by atoms with E-state index in [0.29, 0.717) is 21.6 Å². The number of hydrogen-bond donors (Lipinski definition) is 3. The van der Waals surface area contributed by atoms with Crippen LogP contribution in [-0.2, 0) is 4.79 Å². The van der Waals surface area contributed by atoms with E-state index in [-0.39, 0.29) is 6.54 Å². The van der Waals surface area contributed by atoms with Gasteiger partial charge in [-0.05, 0) is 34.5 Å². The minimum Gasteiger partial charge on any atom is -0.481 e. The summed E-state index contributed by atoms with van der Waals surface area (Å²) in [7, 11) is 0. The molecule has 0 heterocycles. The standard InChI is InChI=1S/C12H14BrClN2O3/c1-7(11(17)18)5-6-15-12(19)16-9-4-2-3-8(14)10(9)13/h2-4,7H,5-6H2,1H3,(H,17,18)(H2,15,16,19). The van der Waals surface area contributed by atoms with Crippen molar-refractivity contribution in [2.45, 2.75) is 13.3 Å². The minimum atomic E-state index is -0.875. The summed E-state index contributed by atoms with van der Waals surface area (Å²) in [4.78, 5) is 22.2. The number of carboxylic acid groups (broad SMARTS) is 1. The normalized spacial score (nSPS) is 11.7. The lowest BCUT2D eigenvalue weighted by molar-refractivity contribution is -0.141. The highest BCUT2D eigenvalue weighted by Gasteiger charge is 2.11. The summed E-state index contributed by atoms with van der Waals surface area (Å²) >= 11 is 9.16. The smallest absolute Gasteiger partial charge is 0.319 e. The van der Waals surface area contributed by atoms with Crippen LogP contribution < -0.4 is 10.6 Å². The number of urea groups is 1. The van der Waals surface area contributed by atoms with Crippen molar-refractivity contribution in [1.82, 2.24) is 5.32 Å². The van der Waals surface area contributed by atoms with Gasteiger partial charge < -0.3 is 15.7 Å². The predicted molar refractivity (Wildman–Crippen MR) is 77.6 cm³/mol. The van der Waals surface area contributed by atoms with Crippen LogP contribution in [-0.4, -0.2) is 23.7 Å². The lowest BCUT2D eigenvalue weighted by Gasteiger charge is -2.11. The van der Waals surface area contributed by atoms with Gasteiger partial charge in [0.2, 0.25) is 0 Å². The van der Waals surface area contributed by atoms with Crippen LogP contribution in [0.1, 0.15) is 13.3 Å². The van der Waals surface area contributed by atoms with E-state index < -0.39 is 17.9 Å². The molecule has 1 unspecified atom stereocenters. The lowest BCUT2D eigenvalue weighted by Crippen LogP contribution is -2.31. The maximum Gasteiger partial charge on any atom is 0.319 e. The van der Waals surface area contributed by atoms with Gasteiger partial charge in [0.05, 0.1) is 21.1 Å².